The van der Waals surface area contributed by atoms with Gasteiger partial charge in [0.05, 0.1) is 24.6 Å². The van der Waals surface area contributed by atoms with Gasteiger partial charge < -0.3 is 14.2 Å². The summed E-state index contributed by atoms with van der Waals surface area (Å²) < 4.78 is 10.6. The Hall–Kier alpha value is -1.55. The van der Waals surface area contributed by atoms with Gasteiger partial charge in [0.2, 0.25) is 5.89 Å². The average Bonchev–Trinajstić information content (AvgIpc) is 2.85. The highest BCUT2D eigenvalue weighted by Gasteiger charge is 2.06. The van der Waals surface area contributed by atoms with Crippen molar-refractivity contribution < 1.29 is 8.83 Å². The topological polar surface area (TPSA) is 51.2 Å². The highest BCUT2D eigenvalue weighted by Crippen LogP contribution is 2.20. The Morgan fingerprint density at radius 2 is 2.31 bits per heavy atom. The number of furan rings is 1. The van der Waals surface area contributed by atoms with Gasteiger partial charge in [-0.1, -0.05) is 13.8 Å². The average molecular weight is 220 g/mol. The highest BCUT2D eigenvalue weighted by molar-refractivity contribution is 5.53. The van der Waals surface area contributed by atoms with E-state index in [1.165, 1.54) is 0 Å². The Bertz CT molecular complexity index is 418. The van der Waals surface area contributed by atoms with Crippen molar-refractivity contribution in [3.05, 3.63) is 30.7 Å². The van der Waals surface area contributed by atoms with Crippen molar-refractivity contribution in [3.63, 3.8) is 0 Å². The smallest absolute Gasteiger partial charge is 0.208 e. The lowest BCUT2D eigenvalue weighted by Crippen LogP contribution is -2.18. The number of aromatic nitrogens is 1. The fourth-order valence-electron chi connectivity index (χ4n) is 1.40. The van der Waals surface area contributed by atoms with Crippen LogP contribution < -0.4 is 5.32 Å². The minimum Gasteiger partial charge on any atom is -0.472 e. The number of oxazole rings is 1. The summed E-state index contributed by atoms with van der Waals surface area (Å²) in [7, 11) is 0. The third-order valence-electron chi connectivity index (χ3n) is 2.19. The van der Waals surface area contributed by atoms with E-state index in [2.05, 4.69) is 24.1 Å². The van der Waals surface area contributed by atoms with Crippen LogP contribution in [-0.4, -0.2) is 11.5 Å². The lowest BCUT2D eigenvalue weighted by Gasteiger charge is -2.03. The van der Waals surface area contributed by atoms with E-state index in [0.717, 1.165) is 17.9 Å². The normalized spacial score (nSPS) is 11.2. The third-order valence-corrected chi connectivity index (χ3v) is 2.19. The zero-order valence-electron chi connectivity index (χ0n) is 9.56. The van der Waals surface area contributed by atoms with Gasteiger partial charge in [0.1, 0.15) is 6.26 Å². The van der Waals surface area contributed by atoms with E-state index in [0.29, 0.717) is 18.4 Å². The van der Waals surface area contributed by atoms with Gasteiger partial charge >= 0.3 is 0 Å². The number of hydrogen-bond acceptors (Lipinski definition) is 4. The van der Waals surface area contributed by atoms with Crippen LogP contribution in [0.4, 0.5) is 0 Å². The van der Waals surface area contributed by atoms with Crippen molar-refractivity contribution in [1.29, 1.82) is 0 Å². The summed E-state index contributed by atoms with van der Waals surface area (Å²) in [6, 6.07) is 1.85. The summed E-state index contributed by atoms with van der Waals surface area (Å²) in [6.07, 6.45) is 4.98. The van der Waals surface area contributed by atoms with E-state index >= 15 is 0 Å². The zero-order valence-corrected chi connectivity index (χ0v) is 9.56. The summed E-state index contributed by atoms with van der Waals surface area (Å²) in [6.45, 7) is 5.96. The van der Waals surface area contributed by atoms with Crippen LogP contribution >= 0.6 is 0 Å². The number of rotatable bonds is 5. The zero-order chi connectivity index (χ0) is 11.4. The number of hydrogen-bond donors (Lipinski definition) is 1. The second kappa shape index (κ2) is 4.99. The molecule has 0 bridgehead atoms. The van der Waals surface area contributed by atoms with E-state index in [1.54, 1.807) is 18.7 Å². The summed E-state index contributed by atoms with van der Waals surface area (Å²) in [5, 5.41) is 3.28. The van der Waals surface area contributed by atoms with Gasteiger partial charge in [0.15, 0.2) is 5.76 Å². The first-order chi connectivity index (χ1) is 7.75. The fraction of sp³-hybridized carbons (Fsp3) is 0.417. The van der Waals surface area contributed by atoms with Crippen molar-refractivity contribution >= 4 is 0 Å². The summed E-state index contributed by atoms with van der Waals surface area (Å²) in [4.78, 5) is 4.20. The first kappa shape index (κ1) is 11.0. The predicted octanol–water partition coefficient (Wildman–Crippen LogP) is 2.68. The summed E-state index contributed by atoms with van der Waals surface area (Å²) >= 11 is 0. The molecule has 0 atom stereocenters. The van der Waals surface area contributed by atoms with Gasteiger partial charge in [-0.25, -0.2) is 4.98 Å². The molecule has 86 valence electrons. The van der Waals surface area contributed by atoms with Crippen molar-refractivity contribution in [2.75, 3.05) is 6.54 Å². The van der Waals surface area contributed by atoms with Gasteiger partial charge in [-0.05, 0) is 18.5 Å². The quantitative estimate of drug-likeness (QED) is 0.841. The first-order valence-corrected chi connectivity index (χ1v) is 5.43. The van der Waals surface area contributed by atoms with Crippen LogP contribution in [0.2, 0.25) is 0 Å². The van der Waals surface area contributed by atoms with Gasteiger partial charge in [-0.2, -0.15) is 0 Å². The molecule has 0 saturated carbocycles. The van der Waals surface area contributed by atoms with Gasteiger partial charge in [0.25, 0.3) is 0 Å². The molecule has 0 spiro atoms. The maximum Gasteiger partial charge on any atom is 0.208 e. The van der Waals surface area contributed by atoms with E-state index in [-0.39, 0.29) is 0 Å². The predicted molar refractivity (Wildman–Crippen MR) is 60.7 cm³/mol. The van der Waals surface area contributed by atoms with Gasteiger partial charge in [-0.15, -0.1) is 0 Å². The Morgan fingerprint density at radius 3 is 3.00 bits per heavy atom. The Labute approximate surface area is 94.7 Å². The lowest BCUT2D eigenvalue weighted by atomic mass is 10.2. The molecule has 2 aromatic rings. The van der Waals surface area contributed by atoms with Crippen LogP contribution in [0.3, 0.4) is 0 Å². The molecule has 0 radical (unpaired) electrons. The first-order valence-electron chi connectivity index (χ1n) is 5.43. The Kier molecular flexibility index (Phi) is 3.41. The number of nitrogens with one attached hydrogen (secondary N) is 1. The maximum atomic E-state index is 5.58. The second-order valence-electron chi connectivity index (χ2n) is 4.16. The van der Waals surface area contributed by atoms with Crippen LogP contribution in [0, 0.1) is 5.92 Å². The SMILES string of the molecule is CC(C)CNCc1ncc(-c2ccoc2)o1. The lowest BCUT2D eigenvalue weighted by molar-refractivity contribution is 0.458. The Balaban J connectivity index is 1.93. The van der Waals surface area contributed by atoms with Crippen LogP contribution in [0.5, 0.6) is 0 Å². The Morgan fingerprint density at radius 1 is 1.44 bits per heavy atom. The molecule has 16 heavy (non-hydrogen) atoms. The van der Waals surface area contributed by atoms with Crippen molar-refractivity contribution in [3.8, 4) is 11.3 Å². The van der Waals surface area contributed by atoms with Crippen molar-refractivity contribution in [2.24, 2.45) is 5.92 Å². The molecule has 0 fully saturated rings. The van der Waals surface area contributed by atoms with Crippen molar-refractivity contribution in [2.45, 2.75) is 20.4 Å². The van der Waals surface area contributed by atoms with E-state index < -0.39 is 0 Å². The molecule has 2 rings (SSSR count). The minimum atomic E-state index is 0.628. The molecule has 4 nitrogen and oxygen atoms in total. The van der Waals surface area contributed by atoms with Crippen LogP contribution in [0.15, 0.2) is 33.6 Å². The molecule has 0 aromatic carbocycles. The standard InChI is InChI=1S/C12H16N2O2/c1-9(2)5-13-7-12-14-6-11(16-12)10-3-4-15-8-10/h3-4,6,8-9,13H,5,7H2,1-2H3. The largest absolute Gasteiger partial charge is 0.472 e. The van der Waals surface area contributed by atoms with Crippen LogP contribution in [0.1, 0.15) is 19.7 Å². The molecule has 0 aliphatic heterocycles. The third kappa shape index (κ3) is 2.73. The maximum absolute atomic E-state index is 5.58. The molecule has 2 aromatic heterocycles. The number of nitrogens with zero attached hydrogens (tertiary/aromatic N) is 1. The fourth-order valence-corrected chi connectivity index (χ4v) is 1.40. The highest BCUT2D eigenvalue weighted by atomic mass is 16.4. The summed E-state index contributed by atoms with van der Waals surface area (Å²) in [5.41, 5.74) is 0.919. The summed E-state index contributed by atoms with van der Waals surface area (Å²) in [5.74, 6) is 2.08. The molecular weight excluding hydrogens is 204 g/mol. The van der Waals surface area contributed by atoms with E-state index in [1.807, 2.05) is 6.07 Å². The van der Waals surface area contributed by atoms with Crippen LogP contribution in [0.25, 0.3) is 11.3 Å². The van der Waals surface area contributed by atoms with Gasteiger partial charge in [-0.3, -0.25) is 0 Å². The molecule has 0 saturated heterocycles. The molecule has 0 aliphatic carbocycles. The molecule has 0 amide bonds. The molecule has 4 heteroatoms. The molecule has 0 unspecified atom stereocenters. The van der Waals surface area contributed by atoms with Crippen molar-refractivity contribution in [1.82, 2.24) is 10.3 Å². The molecule has 2 heterocycles. The minimum absolute atomic E-state index is 0.628. The van der Waals surface area contributed by atoms with E-state index in [4.69, 9.17) is 8.83 Å². The second-order valence-corrected chi connectivity index (χ2v) is 4.16. The van der Waals surface area contributed by atoms with Gasteiger partial charge in [0, 0.05) is 0 Å². The molecular formula is C12H16N2O2. The monoisotopic (exact) mass is 220 g/mol. The molecule has 1 N–H and O–H groups in total. The molecule has 0 aliphatic rings. The van der Waals surface area contributed by atoms with Crippen LogP contribution in [-0.2, 0) is 6.54 Å². The van der Waals surface area contributed by atoms with E-state index in [9.17, 15) is 0 Å².